The van der Waals surface area contributed by atoms with E-state index in [0.717, 1.165) is 30.2 Å². The molecule has 0 N–H and O–H groups in total. The quantitative estimate of drug-likeness (QED) is 0.483. The Morgan fingerprint density at radius 1 is 1.10 bits per heavy atom. The zero-order valence-corrected chi connectivity index (χ0v) is 11.7. The van der Waals surface area contributed by atoms with Crippen molar-refractivity contribution in [2.75, 3.05) is 6.61 Å². The Kier molecular flexibility index (Phi) is 5.28. The second kappa shape index (κ2) is 7.39. The fourth-order valence-electron chi connectivity index (χ4n) is 1.60. The number of hydrogen-bond donors (Lipinski definition) is 0. The Morgan fingerprint density at radius 3 is 2.48 bits per heavy atom. The molecule has 1 aromatic heterocycles. The fraction of sp³-hybridized carbons (Fsp3) is 0.235. The van der Waals surface area contributed by atoms with Crippen LogP contribution in [0.4, 0.5) is 8.78 Å². The molecule has 0 saturated carbocycles. The van der Waals surface area contributed by atoms with Gasteiger partial charge in [-0.2, -0.15) is 4.39 Å². The predicted molar refractivity (Wildman–Crippen MR) is 77.0 cm³/mol. The van der Waals surface area contributed by atoms with E-state index in [1.807, 2.05) is 24.3 Å². The van der Waals surface area contributed by atoms with Crippen molar-refractivity contribution in [2.24, 2.45) is 0 Å². The summed E-state index contributed by atoms with van der Waals surface area (Å²) in [4.78, 5) is 3.28. The van der Waals surface area contributed by atoms with E-state index in [9.17, 15) is 8.78 Å². The van der Waals surface area contributed by atoms with Gasteiger partial charge >= 0.3 is 0 Å². The summed E-state index contributed by atoms with van der Waals surface area (Å²) < 4.78 is 31.2. The SMILES string of the molecule is CCCCOc1ccc(C#Cc2cnc(F)c(F)c2)cc1. The molecule has 4 heteroatoms. The lowest BCUT2D eigenvalue weighted by molar-refractivity contribution is 0.309. The van der Waals surface area contributed by atoms with Gasteiger partial charge in [0, 0.05) is 17.3 Å². The molecule has 0 unspecified atom stereocenters. The van der Waals surface area contributed by atoms with E-state index < -0.39 is 11.8 Å². The van der Waals surface area contributed by atoms with Crippen LogP contribution >= 0.6 is 0 Å². The molecule has 2 rings (SSSR count). The average molecular weight is 287 g/mol. The molecule has 0 aliphatic heterocycles. The van der Waals surface area contributed by atoms with Crippen LogP contribution in [0, 0.1) is 23.6 Å². The molecule has 0 fully saturated rings. The molecule has 0 aliphatic carbocycles. The maximum atomic E-state index is 13.0. The van der Waals surface area contributed by atoms with E-state index in [1.165, 1.54) is 6.20 Å². The summed E-state index contributed by atoms with van der Waals surface area (Å²) in [5.74, 6) is 4.29. The van der Waals surface area contributed by atoms with Crippen LogP contribution in [0.15, 0.2) is 36.5 Å². The topological polar surface area (TPSA) is 22.1 Å². The van der Waals surface area contributed by atoms with Crippen molar-refractivity contribution in [3.63, 3.8) is 0 Å². The summed E-state index contributed by atoms with van der Waals surface area (Å²) in [7, 11) is 0. The molecule has 0 amide bonds. The first kappa shape index (κ1) is 15.0. The molecule has 2 aromatic rings. The molecule has 21 heavy (non-hydrogen) atoms. The van der Waals surface area contributed by atoms with Gasteiger partial charge in [0.15, 0.2) is 5.82 Å². The standard InChI is InChI=1S/C17H15F2NO/c1-2-3-10-21-15-8-6-13(7-9-15)4-5-14-11-16(18)17(19)20-12-14/h6-9,11-12H,2-3,10H2,1H3. The van der Waals surface area contributed by atoms with E-state index in [1.54, 1.807) is 0 Å². The van der Waals surface area contributed by atoms with E-state index in [0.29, 0.717) is 12.2 Å². The Morgan fingerprint density at radius 2 is 1.81 bits per heavy atom. The Bertz CT molecular complexity index is 657. The van der Waals surface area contributed by atoms with Gasteiger partial charge in [-0.25, -0.2) is 9.37 Å². The lowest BCUT2D eigenvalue weighted by atomic mass is 10.2. The van der Waals surface area contributed by atoms with E-state index in [4.69, 9.17) is 4.74 Å². The van der Waals surface area contributed by atoms with E-state index in [2.05, 4.69) is 23.7 Å². The maximum Gasteiger partial charge on any atom is 0.248 e. The molecular formula is C17H15F2NO. The number of hydrogen-bond acceptors (Lipinski definition) is 2. The van der Waals surface area contributed by atoms with Gasteiger partial charge < -0.3 is 4.74 Å². The highest BCUT2D eigenvalue weighted by Crippen LogP contribution is 2.12. The van der Waals surface area contributed by atoms with Gasteiger partial charge in [0.25, 0.3) is 0 Å². The van der Waals surface area contributed by atoms with Crippen molar-refractivity contribution in [3.05, 3.63) is 59.4 Å². The normalized spacial score (nSPS) is 9.86. The van der Waals surface area contributed by atoms with Crippen molar-refractivity contribution in [2.45, 2.75) is 19.8 Å². The highest BCUT2D eigenvalue weighted by atomic mass is 19.2. The number of pyridine rings is 1. The van der Waals surface area contributed by atoms with Gasteiger partial charge in [0.05, 0.1) is 6.61 Å². The minimum absolute atomic E-state index is 0.331. The largest absolute Gasteiger partial charge is 0.494 e. The molecule has 108 valence electrons. The lowest BCUT2D eigenvalue weighted by Gasteiger charge is -2.04. The molecule has 0 aliphatic rings. The summed E-state index contributed by atoms with van der Waals surface area (Å²) in [5.41, 5.74) is 1.10. The smallest absolute Gasteiger partial charge is 0.248 e. The molecule has 0 radical (unpaired) electrons. The molecule has 1 aromatic carbocycles. The summed E-state index contributed by atoms with van der Waals surface area (Å²) in [6, 6.07) is 8.34. The van der Waals surface area contributed by atoms with Crippen LogP contribution < -0.4 is 4.74 Å². The summed E-state index contributed by atoms with van der Waals surface area (Å²) in [5, 5.41) is 0. The minimum atomic E-state index is -1.12. The first-order valence-corrected chi connectivity index (χ1v) is 6.75. The van der Waals surface area contributed by atoms with Crippen LogP contribution in [-0.2, 0) is 0 Å². The summed E-state index contributed by atoms with van der Waals surface area (Å²) >= 11 is 0. The number of rotatable bonds is 4. The molecule has 1 heterocycles. The molecule has 0 spiro atoms. The van der Waals surface area contributed by atoms with Crippen LogP contribution in [0.25, 0.3) is 0 Å². The molecule has 0 saturated heterocycles. The maximum absolute atomic E-state index is 13.0. The van der Waals surface area contributed by atoms with E-state index >= 15 is 0 Å². The van der Waals surface area contributed by atoms with Crippen LogP contribution in [0.3, 0.4) is 0 Å². The van der Waals surface area contributed by atoms with Crippen LogP contribution in [0.5, 0.6) is 5.75 Å². The Hall–Kier alpha value is -2.41. The molecule has 2 nitrogen and oxygen atoms in total. The monoisotopic (exact) mass is 287 g/mol. The van der Waals surface area contributed by atoms with Crippen molar-refractivity contribution < 1.29 is 13.5 Å². The number of nitrogens with zero attached hydrogens (tertiary/aromatic N) is 1. The van der Waals surface area contributed by atoms with Gasteiger partial charge in [-0.15, -0.1) is 0 Å². The van der Waals surface area contributed by atoms with Crippen LogP contribution in [0.1, 0.15) is 30.9 Å². The number of unbranched alkanes of at least 4 members (excludes halogenated alkanes) is 1. The van der Waals surface area contributed by atoms with Crippen molar-refractivity contribution >= 4 is 0 Å². The first-order chi connectivity index (χ1) is 10.2. The van der Waals surface area contributed by atoms with Gasteiger partial charge in [-0.05, 0) is 36.8 Å². The summed E-state index contributed by atoms with van der Waals surface area (Å²) in [6.07, 6.45) is 3.31. The second-order valence-corrected chi connectivity index (χ2v) is 4.47. The number of halogens is 2. The molecule has 0 bridgehead atoms. The Labute approximate surface area is 122 Å². The minimum Gasteiger partial charge on any atom is -0.494 e. The molecular weight excluding hydrogens is 272 g/mol. The third kappa shape index (κ3) is 4.57. The van der Waals surface area contributed by atoms with Crippen molar-refractivity contribution in [3.8, 4) is 17.6 Å². The Balaban J connectivity index is 2.03. The first-order valence-electron chi connectivity index (χ1n) is 6.75. The predicted octanol–water partition coefficient (Wildman–Crippen LogP) is 3.94. The van der Waals surface area contributed by atoms with Crippen molar-refractivity contribution in [1.82, 2.24) is 4.98 Å². The zero-order chi connectivity index (χ0) is 15.1. The molecule has 0 atom stereocenters. The van der Waals surface area contributed by atoms with Crippen LogP contribution in [0.2, 0.25) is 0 Å². The lowest BCUT2D eigenvalue weighted by Crippen LogP contribution is -1.95. The number of benzene rings is 1. The number of aromatic nitrogens is 1. The third-order valence-electron chi connectivity index (χ3n) is 2.77. The third-order valence-corrected chi connectivity index (χ3v) is 2.77. The van der Waals surface area contributed by atoms with Gasteiger partial charge in [0.2, 0.25) is 5.95 Å². The van der Waals surface area contributed by atoms with E-state index in [-0.39, 0.29) is 0 Å². The highest BCUT2D eigenvalue weighted by Gasteiger charge is 2.01. The second-order valence-electron chi connectivity index (χ2n) is 4.47. The van der Waals surface area contributed by atoms with Crippen molar-refractivity contribution in [1.29, 1.82) is 0 Å². The fourth-order valence-corrected chi connectivity index (χ4v) is 1.60. The summed E-state index contributed by atoms with van der Waals surface area (Å²) in [6.45, 7) is 2.80. The van der Waals surface area contributed by atoms with Gasteiger partial charge in [-0.3, -0.25) is 0 Å². The highest BCUT2D eigenvalue weighted by molar-refractivity contribution is 5.43. The van der Waals surface area contributed by atoms with Crippen LogP contribution in [-0.4, -0.2) is 11.6 Å². The average Bonchev–Trinajstić information content (AvgIpc) is 2.50. The zero-order valence-electron chi connectivity index (χ0n) is 11.7. The van der Waals surface area contributed by atoms with Gasteiger partial charge in [0.1, 0.15) is 5.75 Å². The number of ether oxygens (including phenoxy) is 1. The van der Waals surface area contributed by atoms with Gasteiger partial charge in [-0.1, -0.05) is 25.2 Å².